The van der Waals surface area contributed by atoms with Crippen molar-refractivity contribution in [1.29, 1.82) is 0 Å². The zero-order valence-electron chi connectivity index (χ0n) is 11.7. The van der Waals surface area contributed by atoms with Crippen LogP contribution in [-0.4, -0.2) is 28.7 Å². The second kappa shape index (κ2) is 5.71. The van der Waals surface area contributed by atoms with Crippen molar-refractivity contribution in [2.45, 2.75) is 38.6 Å². The first-order valence-corrected chi connectivity index (χ1v) is 7.00. The molecule has 0 radical (unpaired) electrons. The highest BCUT2D eigenvalue weighted by Gasteiger charge is 2.40. The topological polar surface area (TPSA) is 95.6 Å². The summed E-state index contributed by atoms with van der Waals surface area (Å²) >= 11 is 0. The first-order chi connectivity index (χ1) is 9.46. The molecule has 1 aromatic carbocycles. The number of hydrogen-bond donors (Lipinski definition) is 4. The summed E-state index contributed by atoms with van der Waals surface area (Å²) in [4.78, 5) is 11.9. The Morgan fingerprint density at radius 1 is 1.40 bits per heavy atom. The van der Waals surface area contributed by atoms with E-state index in [1.54, 1.807) is 6.07 Å². The summed E-state index contributed by atoms with van der Waals surface area (Å²) in [6.07, 6.45) is 3.75. The van der Waals surface area contributed by atoms with E-state index >= 15 is 0 Å². The Balaban J connectivity index is 1.85. The summed E-state index contributed by atoms with van der Waals surface area (Å²) < 4.78 is 0. The Kier molecular flexibility index (Phi) is 4.18. The van der Waals surface area contributed by atoms with Gasteiger partial charge in [-0.15, -0.1) is 0 Å². The van der Waals surface area contributed by atoms with Gasteiger partial charge in [-0.2, -0.15) is 0 Å². The fourth-order valence-electron chi connectivity index (χ4n) is 2.28. The average Bonchev–Trinajstić information content (AvgIpc) is 3.21. The molecule has 5 nitrogen and oxygen atoms in total. The van der Waals surface area contributed by atoms with Crippen LogP contribution in [0, 0.1) is 5.41 Å². The van der Waals surface area contributed by atoms with Gasteiger partial charge in [0.15, 0.2) is 11.5 Å². The lowest BCUT2D eigenvalue weighted by Crippen LogP contribution is -2.43. The molecule has 2 rings (SSSR count). The molecule has 1 aromatic rings. The number of nitrogens with two attached hydrogens (primary N) is 1. The van der Waals surface area contributed by atoms with Crippen molar-refractivity contribution in [3.63, 3.8) is 0 Å². The lowest BCUT2D eigenvalue weighted by atomic mass is 10.0. The van der Waals surface area contributed by atoms with Gasteiger partial charge in [0.1, 0.15) is 0 Å². The second-order valence-electron chi connectivity index (χ2n) is 5.71. The normalized spacial score (nSPS) is 17.5. The van der Waals surface area contributed by atoms with E-state index in [1.807, 2.05) is 0 Å². The minimum absolute atomic E-state index is 0.169. The summed E-state index contributed by atoms with van der Waals surface area (Å²) in [5, 5.41) is 21.6. The van der Waals surface area contributed by atoms with Gasteiger partial charge in [-0.25, -0.2) is 0 Å². The summed E-state index contributed by atoms with van der Waals surface area (Å²) in [6.45, 7) is 2.83. The Morgan fingerprint density at radius 3 is 2.65 bits per heavy atom. The van der Waals surface area contributed by atoms with Gasteiger partial charge in [-0.05, 0) is 48.8 Å². The number of aromatic hydroxyl groups is 2. The molecule has 20 heavy (non-hydrogen) atoms. The molecule has 1 aliphatic rings. The standard InChI is InChI=1S/C15H22N2O3/c1-2-15(5-6-15)9-17-14(20)11(16)7-10-3-4-12(18)13(19)8-10/h3-4,8,11,18-19H,2,5-7,9,16H2,1H3,(H,17,20)/t11-/m0/s1. The van der Waals surface area contributed by atoms with E-state index in [4.69, 9.17) is 5.73 Å². The number of amides is 1. The van der Waals surface area contributed by atoms with Crippen molar-refractivity contribution in [3.05, 3.63) is 23.8 Å². The van der Waals surface area contributed by atoms with Gasteiger partial charge < -0.3 is 21.3 Å². The average molecular weight is 278 g/mol. The Hall–Kier alpha value is -1.75. The molecule has 1 aliphatic carbocycles. The molecule has 0 saturated heterocycles. The minimum Gasteiger partial charge on any atom is -0.504 e. The summed E-state index contributed by atoms with van der Waals surface area (Å²) in [5.74, 6) is -0.541. The molecule has 110 valence electrons. The molecule has 0 aliphatic heterocycles. The maximum atomic E-state index is 11.9. The molecular weight excluding hydrogens is 256 g/mol. The van der Waals surface area contributed by atoms with Gasteiger partial charge in [-0.3, -0.25) is 4.79 Å². The molecule has 0 bridgehead atoms. The van der Waals surface area contributed by atoms with Crippen LogP contribution in [0.5, 0.6) is 11.5 Å². The van der Waals surface area contributed by atoms with Crippen molar-refractivity contribution >= 4 is 5.91 Å². The molecular formula is C15H22N2O3. The molecule has 5 N–H and O–H groups in total. The van der Waals surface area contributed by atoms with Crippen LogP contribution in [0.1, 0.15) is 31.7 Å². The van der Waals surface area contributed by atoms with E-state index < -0.39 is 6.04 Å². The predicted octanol–water partition coefficient (Wildman–Crippen LogP) is 1.27. The predicted molar refractivity (Wildman–Crippen MR) is 76.4 cm³/mol. The number of nitrogens with one attached hydrogen (secondary N) is 1. The van der Waals surface area contributed by atoms with E-state index in [2.05, 4.69) is 12.2 Å². The van der Waals surface area contributed by atoms with Crippen LogP contribution in [0.15, 0.2) is 18.2 Å². The van der Waals surface area contributed by atoms with Crippen LogP contribution in [0.2, 0.25) is 0 Å². The number of carbonyl (C=O) groups excluding carboxylic acids is 1. The zero-order valence-corrected chi connectivity index (χ0v) is 11.7. The molecule has 5 heteroatoms. The molecule has 1 fully saturated rings. The van der Waals surface area contributed by atoms with Gasteiger partial charge in [0.2, 0.25) is 5.91 Å². The third kappa shape index (κ3) is 3.42. The lowest BCUT2D eigenvalue weighted by molar-refractivity contribution is -0.122. The molecule has 0 heterocycles. The third-order valence-corrected chi connectivity index (χ3v) is 4.18. The quantitative estimate of drug-likeness (QED) is 0.589. The van der Waals surface area contributed by atoms with Gasteiger partial charge in [-0.1, -0.05) is 13.0 Å². The monoisotopic (exact) mass is 278 g/mol. The summed E-state index contributed by atoms with van der Waals surface area (Å²) in [7, 11) is 0. The van der Waals surface area contributed by atoms with Crippen LogP contribution in [0.4, 0.5) is 0 Å². The van der Waals surface area contributed by atoms with Crippen LogP contribution >= 0.6 is 0 Å². The zero-order chi connectivity index (χ0) is 14.8. The molecule has 1 atom stereocenters. The highest BCUT2D eigenvalue weighted by Crippen LogP contribution is 2.47. The van der Waals surface area contributed by atoms with Crippen molar-refractivity contribution in [1.82, 2.24) is 5.32 Å². The van der Waals surface area contributed by atoms with E-state index in [0.29, 0.717) is 18.4 Å². The maximum absolute atomic E-state index is 11.9. The Labute approximate surface area is 118 Å². The molecule has 1 saturated carbocycles. The molecule has 1 amide bonds. The number of rotatable bonds is 6. The van der Waals surface area contributed by atoms with Crippen molar-refractivity contribution in [2.75, 3.05) is 6.54 Å². The van der Waals surface area contributed by atoms with Crippen LogP contribution < -0.4 is 11.1 Å². The lowest BCUT2D eigenvalue weighted by Gasteiger charge is -2.17. The van der Waals surface area contributed by atoms with Gasteiger partial charge in [0.25, 0.3) is 0 Å². The maximum Gasteiger partial charge on any atom is 0.237 e. The summed E-state index contributed by atoms with van der Waals surface area (Å²) in [5.41, 5.74) is 6.89. The highest BCUT2D eigenvalue weighted by atomic mass is 16.3. The number of hydrogen-bond acceptors (Lipinski definition) is 4. The number of phenolic OH excluding ortho intramolecular Hbond substituents is 2. The van der Waals surface area contributed by atoms with E-state index in [0.717, 1.165) is 12.0 Å². The van der Waals surface area contributed by atoms with Gasteiger partial charge >= 0.3 is 0 Å². The van der Waals surface area contributed by atoms with E-state index in [9.17, 15) is 15.0 Å². The first kappa shape index (κ1) is 14.7. The number of phenols is 2. The molecule has 0 aromatic heterocycles. The van der Waals surface area contributed by atoms with Crippen molar-refractivity contribution in [2.24, 2.45) is 11.1 Å². The fourth-order valence-corrected chi connectivity index (χ4v) is 2.28. The minimum atomic E-state index is -0.647. The smallest absolute Gasteiger partial charge is 0.237 e. The van der Waals surface area contributed by atoms with Gasteiger partial charge in [0.05, 0.1) is 6.04 Å². The fraction of sp³-hybridized carbons (Fsp3) is 0.533. The van der Waals surface area contributed by atoms with Crippen LogP contribution in [0.25, 0.3) is 0 Å². The first-order valence-electron chi connectivity index (χ1n) is 7.00. The van der Waals surface area contributed by atoms with Crippen molar-refractivity contribution in [3.8, 4) is 11.5 Å². The number of benzene rings is 1. The van der Waals surface area contributed by atoms with Crippen molar-refractivity contribution < 1.29 is 15.0 Å². The van der Waals surface area contributed by atoms with E-state index in [-0.39, 0.29) is 17.4 Å². The summed E-state index contributed by atoms with van der Waals surface area (Å²) in [6, 6.07) is 3.82. The van der Waals surface area contributed by atoms with Crippen LogP contribution in [-0.2, 0) is 11.2 Å². The van der Waals surface area contributed by atoms with Gasteiger partial charge in [0, 0.05) is 6.54 Å². The SMILES string of the molecule is CCC1(CNC(=O)[C@@H](N)Cc2ccc(O)c(O)c2)CC1. The Bertz CT molecular complexity index is 498. The Morgan fingerprint density at radius 2 is 2.10 bits per heavy atom. The number of carbonyl (C=O) groups is 1. The molecule has 0 unspecified atom stereocenters. The second-order valence-corrected chi connectivity index (χ2v) is 5.71. The molecule has 0 spiro atoms. The van der Waals surface area contributed by atoms with Crippen LogP contribution in [0.3, 0.4) is 0 Å². The highest BCUT2D eigenvalue weighted by molar-refractivity contribution is 5.81. The third-order valence-electron chi connectivity index (χ3n) is 4.18. The largest absolute Gasteiger partial charge is 0.504 e. The van der Waals surface area contributed by atoms with E-state index in [1.165, 1.54) is 25.0 Å².